The van der Waals surface area contributed by atoms with Gasteiger partial charge in [-0.1, -0.05) is 26.8 Å². The number of carbonyl (C=O) groups is 2. The van der Waals surface area contributed by atoms with E-state index in [-0.39, 0.29) is 23.1 Å². The van der Waals surface area contributed by atoms with Crippen molar-refractivity contribution in [2.24, 2.45) is 0 Å². The number of benzene rings is 1. The van der Waals surface area contributed by atoms with E-state index >= 15 is 0 Å². The zero-order chi connectivity index (χ0) is 15.2. The number of aromatic nitrogens is 2. The van der Waals surface area contributed by atoms with Crippen LogP contribution in [-0.4, -0.2) is 21.8 Å². The number of imide groups is 1. The zero-order valence-electron chi connectivity index (χ0n) is 12.5. The SMILES string of the molecule is CC(C)(C)c1ccc2nc(C3CCC(=O)NC3=O)[nH]c2c1. The van der Waals surface area contributed by atoms with E-state index in [1.165, 1.54) is 5.56 Å². The molecule has 1 aromatic heterocycles. The molecule has 5 heteroatoms. The first-order valence-corrected chi connectivity index (χ1v) is 7.18. The van der Waals surface area contributed by atoms with Gasteiger partial charge in [-0.3, -0.25) is 14.9 Å². The lowest BCUT2D eigenvalue weighted by atomic mass is 9.87. The maximum atomic E-state index is 11.9. The van der Waals surface area contributed by atoms with Crippen LogP contribution in [0, 0.1) is 0 Å². The van der Waals surface area contributed by atoms with Crippen LogP contribution >= 0.6 is 0 Å². The van der Waals surface area contributed by atoms with Crippen molar-refractivity contribution >= 4 is 22.8 Å². The van der Waals surface area contributed by atoms with Gasteiger partial charge >= 0.3 is 0 Å². The molecule has 1 aromatic carbocycles. The Balaban J connectivity index is 1.98. The van der Waals surface area contributed by atoms with Crippen molar-refractivity contribution in [2.75, 3.05) is 0 Å². The lowest BCUT2D eigenvalue weighted by molar-refractivity contribution is -0.134. The minimum atomic E-state index is -0.367. The van der Waals surface area contributed by atoms with Crippen LogP contribution in [0.3, 0.4) is 0 Å². The summed E-state index contributed by atoms with van der Waals surface area (Å²) in [5.74, 6) is -0.196. The average Bonchev–Trinajstić information content (AvgIpc) is 2.79. The topological polar surface area (TPSA) is 74.8 Å². The molecular formula is C16H19N3O2. The van der Waals surface area contributed by atoms with Crippen LogP contribution in [0.5, 0.6) is 0 Å². The highest BCUT2D eigenvalue weighted by atomic mass is 16.2. The highest BCUT2D eigenvalue weighted by Crippen LogP contribution is 2.28. The molecule has 1 aliphatic heterocycles. The van der Waals surface area contributed by atoms with Gasteiger partial charge in [-0.2, -0.15) is 0 Å². The third kappa shape index (κ3) is 2.55. The van der Waals surface area contributed by atoms with Crippen LogP contribution in [0.25, 0.3) is 11.0 Å². The zero-order valence-corrected chi connectivity index (χ0v) is 12.5. The third-order valence-corrected chi connectivity index (χ3v) is 3.94. The Labute approximate surface area is 123 Å². The van der Waals surface area contributed by atoms with Crippen molar-refractivity contribution in [3.8, 4) is 0 Å². The maximum Gasteiger partial charge on any atom is 0.237 e. The molecule has 2 N–H and O–H groups in total. The fraction of sp³-hybridized carbons (Fsp3) is 0.438. The molecule has 2 amide bonds. The Kier molecular flexibility index (Phi) is 3.08. The number of amides is 2. The Bertz CT molecular complexity index is 725. The Morgan fingerprint density at radius 3 is 2.67 bits per heavy atom. The number of rotatable bonds is 1. The Morgan fingerprint density at radius 1 is 1.24 bits per heavy atom. The number of carbonyl (C=O) groups excluding carboxylic acids is 2. The predicted octanol–water partition coefficient (Wildman–Crippen LogP) is 2.38. The number of aromatic amines is 1. The molecule has 0 spiro atoms. The first kappa shape index (κ1) is 13.8. The monoisotopic (exact) mass is 285 g/mol. The van der Waals surface area contributed by atoms with Gasteiger partial charge < -0.3 is 4.98 Å². The molecule has 21 heavy (non-hydrogen) atoms. The number of hydrogen-bond donors (Lipinski definition) is 2. The number of fused-ring (bicyclic) bond motifs is 1. The van der Waals surface area contributed by atoms with E-state index in [1.807, 2.05) is 6.07 Å². The Morgan fingerprint density at radius 2 is 2.00 bits per heavy atom. The van der Waals surface area contributed by atoms with Gasteiger partial charge in [0.05, 0.1) is 17.0 Å². The molecule has 1 fully saturated rings. The summed E-state index contributed by atoms with van der Waals surface area (Å²) in [6.45, 7) is 6.48. The fourth-order valence-electron chi connectivity index (χ4n) is 2.62. The van der Waals surface area contributed by atoms with E-state index < -0.39 is 0 Å². The van der Waals surface area contributed by atoms with Crippen LogP contribution < -0.4 is 5.32 Å². The van der Waals surface area contributed by atoms with Crippen molar-refractivity contribution in [2.45, 2.75) is 44.9 Å². The van der Waals surface area contributed by atoms with Crippen LogP contribution in [-0.2, 0) is 15.0 Å². The van der Waals surface area contributed by atoms with E-state index in [2.05, 4.69) is 48.2 Å². The molecule has 1 unspecified atom stereocenters. The largest absolute Gasteiger partial charge is 0.341 e. The van der Waals surface area contributed by atoms with Gasteiger partial charge in [-0.25, -0.2) is 4.98 Å². The second kappa shape index (κ2) is 4.69. The standard InChI is InChI=1S/C16H19N3O2/c1-16(2,3)9-4-6-11-12(8-9)18-14(17-11)10-5-7-13(20)19-15(10)21/h4,6,8,10H,5,7H2,1-3H3,(H,17,18)(H,19,20,21). The molecule has 2 aromatic rings. The summed E-state index contributed by atoms with van der Waals surface area (Å²) in [7, 11) is 0. The molecule has 110 valence electrons. The summed E-state index contributed by atoms with van der Waals surface area (Å²) in [6, 6.07) is 6.12. The highest BCUT2D eigenvalue weighted by Gasteiger charge is 2.30. The van der Waals surface area contributed by atoms with Crippen LogP contribution in [0.15, 0.2) is 18.2 Å². The lowest BCUT2D eigenvalue weighted by Gasteiger charge is -2.18. The number of piperidine rings is 1. The maximum absolute atomic E-state index is 11.9. The minimum Gasteiger partial charge on any atom is -0.341 e. The van der Waals surface area contributed by atoms with Crippen LogP contribution in [0.2, 0.25) is 0 Å². The quantitative estimate of drug-likeness (QED) is 0.790. The number of H-pyrrole nitrogens is 1. The van der Waals surface area contributed by atoms with E-state index in [0.29, 0.717) is 18.7 Å². The molecule has 3 rings (SSSR count). The number of nitrogens with one attached hydrogen (secondary N) is 2. The highest BCUT2D eigenvalue weighted by molar-refractivity contribution is 6.00. The van der Waals surface area contributed by atoms with Gasteiger partial charge in [0.2, 0.25) is 11.8 Å². The van der Waals surface area contributed by atoms with Crippen molar-refractivity contribution in [1.82, 2.24) is 15.3 Å². The molecule has 0 aliphatic carbocycles. The molecule has 0 saturated carbocycles. The first-order chi connectivity index (χ1) is 9.84. The van der Waals surface area contributed by atoms with Crippen LogP contribution in [0.4, 0.5) is 0 Å². The number of hydrogen-bond acceptors (Lipinski definition) is 3. The van der Waals surface area contributed by atoms with E-state index in [9.17, 15) is 9.59 Å². The Hall–Kier alpha value is -2.17. The second-order valence-corrected chi connectivity index (χ2v) is 6.61. The normalized spacial score (nSPS) is 19.9. The van der Waals surface area contributed by atoms with E-state index in [4.69, 9.17) is 0 Å². The first-order valence-electron chi connectivity index (χ1n) is 7.18. The molecule has 1 atom stereocenters. The van der Waals surface area contributed by atoms with Crippen molar-refractivity contribution in [1.29, 1.82) is 0 Å². The van der Waals surface area contributed by atoms with Gasteiger partial charge in [0, 0.05) is 6.42 Å². The van der Waals surface area contributed by atoms with Gasteiger partial charge in [0.1, 0.15) is 5.82 Å². The summed E-state index contributed by atoms with van der Waals surface area (Å²) in [5.41, 5.74) is 3.06. The van der Waals surface area contributed by atoms with Gasteiger partial charge in [0.25, 0.3) is 0 Å². The molecule has 2 heterocycles. The second-order valence-electron chi connectivity index (χ2n) is 6.61. The number of imidazole rings is 1. The average molecular weight is 285 g/mol. The van der Waals surface area contributed by atoms with Crippen LogP contribution in [0.1, 0.15) is 50.9 Å². The summed E-state index contributed by atoms with van der Waals surface area (Å²) in [5, 5.41) is 2.37. The summed E-state index contributed by atoms with van der Waals surface area (Å²) >= 11 is 0. The smallest absolute Gasteiger partial charge is 0.237 e. The molecular weight excluding hydrogens is 266 g/mol. The lowest BCUT2D eigenvalue weighted by Crippen LogP contribution is -2.39. The van der Waals surface area contributed by atoms with Crippen molar-refractivity contribution in [3.05, 3.63) is 29.6 Å². The van der Waals surface area contributed by atoms with Gasteiger partial charge in [-0.15, -0.1) is 0 Å². The molecule has 1 saturated heterocycles. The van der Waals surface area contributed by atoms with E-state index in [1.54, 1.807) is 0 Å². The fourth-order valence-corrected chi connectivity index (χ4v) is 2.62. The summed E-state index contributed by atoms with van der Waals surface area (Å²) in [6.07, 6.45) is 0.872. The number of nitrogens with zero attached hydrogens (tertiary/aromatic N) is 1. The van der Waals surface area contributed by atoms with Gasteiger partial charge in [0.15, 0.2) is 0 Å². The molecule has 0 bridgehead atoms. The van der Waals surface area contributed by atoms with Crippen molar-refractivity contribution in [3.63, 3.8) is 0 Å². The van der Waals surface area contributed by atoms with Crippen molar-refractivity contribution < 1.29 is 9.59 Å². The third-order valence-electron chi connectivity index (χ3n) is 3.94. The van der Waals surface area contributed by atoms with E-state index in [0.717, 1.165) is 11.0 Å². The summed E-state index contributed by atoms with van der Waals surface area (Å²) < 4.78 is 0. The molecule has 5 nitrogen and oxygen atoms in total. The minimum absolute atomic E-state index is 0.0636. The molecule has 1 aliphatic rings. The van der Waals surface area contributed by atoms with Gasteiger partial charge in [-0.05, 0) is 29.5 Å². The molecule has 0 radical (unpaired) electrons. The predicted molar refractivity (Wildman–Crippen MR) is 79.9 cm³/mol. The summed E-state index contributed by atoms with van der Waals surface area (Å²) in [4.78, 5) is 30.9.